The van der Waals surface area contributed by atoms with E-state index in [0.717, 1.165) is 12.1 Å². The lowest BCUT2D eigenvalue weighted by Gasteiger charge is -2.17. The number of amides is 1. The molecular weight excluding hydrogens is 340 g/mol. The van der Waals surface area contributed by atoms with Gasteiger partial charge in [0.15, 0.2) is 0 Å². The van der Waals surface area contributed by atoms with E-state index in [4.69, 9.17) is 4.74 Å². The minimum absolute atomic E-state index is 0.0677. The average molecular weight is 360 g/mol. The minimum Gasteiger partial charge on any atom is -0.465 e. The van der Waals surface area contributed by atoms with Crippen molar-refractivity contribution in [3.05, 3.63) is 34.6 Å². The van der Waals surface area contributed by atoms with Crippen LogP contribution in [0.3, 0.4) is 0 Å². The fraction of sp³-hybridized carbons (Fsp3) is 0.412. The van der Waals surface area contributed by atoms with Crippen molar-refractivity contribution in [2.75, 3.05) is 23.9 Å². The SMILES string of the molecule is CCc1cc(NC2CCN(c3sccc3C(=O)OC)C2=O)nc(C)n1. The van der Waals surface area contributed by atoms with Gasteiger partial charge in [-0.05, 0) is 31.2 Å². The van der Waals surface area contributed by atoms with E-state index in [1.807, 2.05) is 19.9 Å². The highest BCUT2D eigenvalue weighted by Gasteiger charge is 2.35. The lowest BCUT2D eigenvalue weighted by molar-refractivity contribution is -0.117. The second-order valence-corrected chi connectivity index (χ2v) is 6.65. The largest absolute Gasteiger partial charge is 0.465 e. The zero-order valence-electron chi connectivity index (χ0n) is 14.4. The Morgan fingerprint density at radius 2 is 2.28 bits per heavy atom. The number of ether oxygens (including phenoxy) is 1. The Labute approximate surface area is 150 Å². The molecule has 1 unspecified atom stereocenters. The van der Waals surface area contributed by atoms with E-state index < -0.39 is 5.97 Å². The van der Waals surface area contributed by atoms with Crippen molar-refractivity contribution in [1.82, 2.24) is 9.97 Å². The zero-order valence-corrected chi connectivity index (χ0v) is 15.2. The Bertz CT molecular complexity index is 805. The van der Waals surface area contributed by atoms with Gasteiger partial charge < -0.3 is 15.0 Å². The van der Waals surface area contributed by atoms with Gasteiger partial charge in [0, 0.05) is 18.3 Å². The maximum Gasteiger partial charge on any atom is 0.340 e. The van der Waals surface area contributed by atoms with Crippen molar-refractivity contribution < 1.29 is 14.3 Å². The van der Waals surface area contributed by atoms with Crippen molar-refractivity contribution in [3.63, 3.8) is 0 Å². The first-order valence-corrected chi connectivity index (χ1v) is 8.99. The van der Waals surface area contributed by atoms with Gasteiger partial charge in [0.05, 0.1) is 12.7 Å². The molecule has 0 saturated carbocycles. The number of carbonyl (C=O) groups excluding carboxylic acids is 2. The number of aryl methyl sites for hydroxylation is 2. The number of hydrogen-bond donors (Lipinski definition) is 1. The van der Waals surface area contributed by atoms with Crippen molar-refractivity contribution in [2.24, 2.45) is 0 Å². The van der Waals surface area contributed by atoms with Gasteiger partial charge in [-0.25, -0.2) is 14.8 Å². The average Bonchev–Trinajstić information content (AvgIpc) is 3.21. The van der Waals surface area contributed by atoms with Crippen molar-refractivity contribution in [1.29, 1.82) is 0 Å². The quantitative estimate of drug-likeness (QED) is 0.825. The highest BCUT2D eigenvalue weighted by atomic mass is 32.1. The zero-order chi connectivity index (χ0) is 18.0. The van der Waals surface area contributed by atoms with Crippen LogP contribution >= 0.6 is 11.3 Å². The smallest absolute Gasteiger partial charge is 0.340 e. The van der Waals surface area contributed by atoms with Gasteiger partial charge in [0.1, 0.15) is 22.7 Å². The first-order chi connectivity index (χ1) is 12.0. The molecule has 1 atom stereocenters. The fourth-order valence-electron chi connectivity index (χ4n) is 2.85. The number of rotatable bonds is 5. The van der Waals surface area contributed by atoms with Crippen molar-refractivity contribution in [2.45, 2.75) is 32.7 Å². The molecule has 1 aliphatic rings. The molecule has 1 amide bonds. The summed E-state index contributed by atoms with van der Waals surface area (Å²) < 4.78 is 4.79. The van der Waals surface area contributed by atoms with Crippen LogP contribution in [0.2, 0.25) is 0 Å². The van der Waals surface area contributed by atoms with Crippen molar-refractivity contribution >= 4 is 34.0 Å². The number of thiophene rings is 1. The monoisotopic (exact) mass is 360 g/mol. The van der Waals surface area contributed by atoms with Crippen LogP contribution in [0, 0.1) is 6.92 Å². The number of nitrogens with zero attached hydrogens (tertiary/aromatic N) is 3. The van der Waals surface area contributed by atoms with Gasteiger partial charge in [-0.15, -0.1) is 11.3 Å². The molecule has 8 heteroatoms. The first kappa shape index (κ1) is 17.3. The van der Waals surface area contributed by atoms with E-state index in [1.54, 1.807) is 16.3 Å². The first-order valence-electron chi connectivity index (χ1n) is 8.11. The minimum atomic E-state index is -0.431. The Hall–Kier alpha value is -2.48. The van der Waals surface area contributed by atoms with Gasteiger partial charge >= 0.3 is 5.97 Å². The van der Waals surface area contributed by atoms with Crippen LogP contribution in [0.25, 0.3) is 0 Å². The van der Waals surface area contributed by atoms with E-state index in [2.05, 4.69) is 15.3 Å². The van der Waals surface area contributed by atoms with Crippen LogP contribution in [-0.2, 0) is 16.0 Å². The summed E-state index contributed by atoms with van der Waals surface area (Å²) in [5, 5.41) is 5.63. The summed E-state index contributed by atoms with van der Waals surface area (Å²) in [6.07, 6.45) is 1.45. The second kappa shape index (κ2) is 7.18. The molecular formula is C17H20N4O3S. The Morgan fingerprint density at radius 1 is 1.48 bits per heavy atom. The van der Waals surface area contributed by atoms with Crippen molar-refractivity contribution in [3.8, 4) is 0 Å². The number of nitrogens with one attached hydrogen (secondary N) is 1. The summed E-state index contributed by atoms with van der Waals surface area (Å²) in [5.74, 6) is 0.834. The molecule has 3 heterocycles. The number of aromatic nitrogens is 2. The van der Waals surface area contributed by atoms with E-state index >= 15 is 0 Å². The summed E-state index contributed by atoms with van der Waals surface area (Å²) in [4.78, 5) is 35.0. The molecule has 25 heavy (non-hydrogen) atoms. The van der Waals surface area contributed by atoms with Gasteiger partial charge in [-0.3, -0.25) is 4.79 Å². The lowest BCUT2D eigenvalue weighted by atomic mass is 10.2. The molecule has 1 aliphatic heterocycles. The third-order valence-corrected chi connectivity index (χ3v) is 5.01. The molecule has 1 saturated heterocycles. The molecule has 7 nitrogen and oxygen atoms in total. The van der Waals surface area contributed by atoms with Crippen LogP contribution in [0.1, 0.15) is 35.2 Å². The Balaban J connectivity index is 1.78. The molecule has 2 aromatic rings. The second-order valence-electron chi connectivity index (χ2n) is 5.75. The molecule has 132 valence electrons. The predicted octanol–water partition coefficient (Wildman–Crippen LogP) is 2.41. The molecule has 1 fully saturated rings. The van der Waals surface area contributed by atoms with Gasteiger partial charge in [0.2, 0.25) is 5.91 Å². The summed E-state index contributed by atoms with van der Waals surface area (Å²) >= 11 is 1.36. The standard InChI is InChI=1S/C17H20N4O3S/c1-4-11-9-14(19-10(2)18-11)20-13-5-7-21(15(13)22)16-12(6-8-25-16)17(23)24-3/h6,8-9,13H,4-5,7H2,1-3H3,(H,18,19,20). The molecule has 0 radical (unpaired) electrons. The maximum atomic E-state index is 12.8. The van der Waals surface area contributed by atoms with E-state index in [-0.39, 0.29) is 11.9 Å². The molecule has 0 aromatic carbocycles. The molecule has 1 N–H and O–H groups in total. The Kier molecular flexibility index (Phi) is 4.98. The van der Waals surface area contributed by atoms with E-state index in [1.165, 1.54) is 18.4 Å². The number of anilines is 2. The number of carbonyl (C=O) groups is 2. The van der Waals surface area contributed by atoms with Crippen LogP contribution in [0.5, 0.6) is 0 Å². The Morgan fingerprint density at radius 3 is 3.00 bits per heavy atom. The van der Waals surface area contributed by atoms with Gasteiger partial charge in [0.25, 0.3) is 0 Å². The van der Waals surface area contributed by atoms with Crippen LogP contribution in [0.4, 0.5) is 10.8 Å². The lowest BCUT2D eigenvalue weighted by Crippen LogP contribution is -2.34. The number of hydrogen-bond acceptors (Lipinski definition) is 7. The van der Waals surface area contributed by atoms with Crippen LogP contribution < -0.4 is 10.2 Å². The number of methoxy groups -OCH3 is 1. The van der Waals surface area contributed by atoms with E-state index in [0.29, 0.717) is 35.2 Å². The third kappa shape index (κ3) is 3.48. The highest BCUT2D eigenvalue weighted by Crippen LogP contribution is 2.32. The summed E-state index contributed by atoms with van der Waals surface area (Å²) in [6, 6.07) is 3.18. The topological polar surface area (TPSA) is 84.4 Å². The number of esters is 1. The molecule has 0 spiro atoms. The highest BCUT2D eigenvalue weighted by molar-refractivity contribution is 7.14. The van der Waals surface area contributed by atoms with Crippen LogP contribution in [-0.4, -0.2) is 41.5 Å². The van der Waals surface area contributed by atoms with Gasteiger partial charge in [-0.2, -0.15) is 0 Å². The summed E-state index contributed by atoms with van der Waals surface area (Å²) in [5.41, 5.74) is 1.36. The molecule has 0 aliphatic carbocycles. The third-order valence-electron chi connectivity index (χ3n) is 4.08. The van der Waals surface area contributed by atoms with Gasteiger partial charge in [-0.1, -0.05) is 6.92 Å². The fourth-order valence-corrected chi connectivity index (χ4v) is 3.77. The molecule has 3 rings (SSSR count). The normalized spacial score (nSPS) is 17.0. The van der Waals surface area contributed by atoms with Crippen LogP contribution in [0.15, 0.2) is 17.5 Å². The molecule has 0 bridgehead atoms. The predicted molar refractivity (Wildman–Crippen MR) is 96.2 cm³/mol. The summed E-state index contributed by atoms with van der Waals surface area (Å²) in [6.45, 7) is 4.41. The molecule has 2 aromatic heterocycles. The summed E-state index contributed by atoms with van der Waals surface area (Å²) in [7, 11) is 1.34. The maximum absolute atomic E-state index is 12.8. The van der Waals surface area contributed by atoms with E-state index in [9.17, 15) is 9.59 Å².